The Morgan fingerprint density at radius 2 is 2.26 bits per heavy atom. The van der Waals surface area contributed by atoms with Gasteiger partial charge in [-0.25, -0.2) is 0 Å². The summed E-state index contributed by atoms with van der Waals surface area (Å²) >= 11 is 6.07. The summed E-state index contributed by atoms with van der Waals surface area (Å²) in [7, 11) is 0. The number of carbonyl (C=O) groups excluding carboxylic acids is 1. The molecule has 1 aromatic rings. The van der Waals surface area contributed by atoms with Gasteiger partial charge in [-0.15, -0.1) is 0 Å². The Morgan fingerprint density at radius 3 is 2.89 bits per heavy atom. The predicted molar refractivity (Wildman–Crippen MR) is 73.4 cm³/mol. The van der Waals surface area contributed by atoms with E-state index in [0.717, 1.165) is 0 Å². The number of halogens is 1. The first kappa shape index (κ1) is 13.9. The molecule has 1 amide bonds. The zero-order valence-corrected chi connectivity index (χ0v) is 11.1. The van der Waals surface area contributed by atoms with Crippen molar-refractivity contribution in [3.8, 4) is 0 Å². The maximum atomic E-state index is 11.4. The molecule has 1 aliphatic heterocycles. The summed E-state index contributed by atoms with van der Waals surface area (Å²) in [5, 5.41) is 3.42. The third kappa shape index (κ3) is 3.50. The summed E-state index contributed by atoms with van der Waals surface area (Å²) < 4.78 is 10.8. The molecular formula is C12H16ClN3O3. The summed E-state index contributed by atoms with van der Waals surface area (Å²) in [6.07, 6.45) is -0.0805. The summed E-state index contributed by atoms with van der Waals surface area (Å²) in [6, 6.07) is 3.06. The van der Waals surface area contributed by atoms with E-state index in [1.807, 2.05) is 0 Å². The van der Waals surface area contributed by atoms with Crippen LogP contribution in [0.25, 0.3) is 0 Å². The molecule has 2 rings (SSSR count). The van der Waals surface area contributed by atoms with E-state index >= 15 is 0 Å². The van der Waals surface area contributed by atoms with Crippen molar-refractivity contribution in [1.82, 2.24) is 0 Å². The van der Waals surface area contributed by atoms with Gasteiger partial charge in [-0.05, 0) is 12.1 Å². The fourth-order valence-corrected chi connectivity index (χ4v) is 2.17. The van der Waals surface area contributed by atoms with Gasteiger partial charge < -0.3 is 26.3 Å². The zero-order chi connectivity index (χ0) is 13.8. The number of amides is 1. The second-order valence-electron chi connectivity index (χ2n) is 4.24. The third-order valence-corrected chi connectivity index (χ3v) is 3.07. The maximum Gasteiger partial charge on any atom is 0.250 e. The molecule has 0 aliphatic carbocycles. The highest BCUT2D eigenvalue weighted by molar-refractivity contribution is 6.34. The number of nitrogens with one attached hydrogen (secondary N) is 1. The Balaban J connectivity index is 2.12. The van der Waals surface area contributed by atoms with E-state index in [4.69, 9.17) is 32.5 Å². The molecular weight excluding hydrogens is 270 g/mol. The molecule has 0 bridgehead atoms. The molecule has 0 aromatic heterocycles. The highest BCUT2D eigenvalue weighted by Gasteiger charge is 2.17. The molecule has 6 nitrogen and oxygen atoms in total. The number of nitrogen functional groups attached to an aromatic ring is 1. The van der Waals surface area contributed by atoms with E-state index in [-0.39, 0.29) is 11.7 Å². The number of ether oxygens (including phenoxy) is 2. The molecule has 5 N–H and O–H groups in total. The van der Waals surface area contributed by atoms with Gasteiger partial charge in [-0.2, -0.15) is 0 Å². The van der Waals surface area contributed by atoms with Gasteiger partial charge in [0.1, 0.15) is 0 Å². The lowest BCUT2D eigenvalue weighted by molar-refractivity contribution is -0.0818. The largest absolute Gasteiger partial charge is 0.399 e. The number of nitrogens with two attached hydrogens (primary N) is 2. The van der Waals surface area contributed by atoms with Gasteiger partial charge >= 0.3 is 0 Å². The number of carbonyl (C=O) groups is 1. The average molecular weight is 286 g/mol. The predicted octanol–water partition coefficient (Wildman–Crippen LogP) is 0.848. The van der Waals surface area contributed by atoms with Crippen molar-refractivity contribution in [3.05, 3.63) is 22.7 Å². The Kier molecular flexibility index (Phi) is 4.47. The number of anilines is 2. The molecule has 1 atom stereocenters. The molecule has 0 radical (unpaired) electrons. The quantitative estimate of drug-likeness (QED) is 0.712. The van der Waals surface area contributed by atoms with Crippen molar-refractivity contribution in [1.29, 1.82) is 0 Å². The van der Waals surface area contributed by atoms with Crippen molar-refractivity contribution in [2.75, 3.05) is 37.4 Å². The molecule has 1 heterocycles. The molecule has 1 aliphatic rings. The van der Waals surface area contributed by atoms with Gasteiger partial charge in [-0.3, -0.25) is 4.79 Å². The highest BCUT2D eigenvalue weighted by Crippen LogP contribution is 2.29. The van der Waals surface area contributed by atoms with Gasteiger partial charge in [0, 0.05) is 12.2 Å². The first-order chi connectivity index (χ1) is 9.08. The van der Waals surface area contributed by atoms with Crippen LogP contribution in [0.5, 0.6) is 0 Å². The van der Waals surface area contributed by atoms with Crippen molar-refractivity contribution in [2.24, 2.45) is 5.73 Å². The molecule has 0 spiro atoms. The SMILES string of the molecule is NC(=O)c1cc(N)cc(Cl)c1NCC1COCCO1. The van der Waals surface area contributed by atoms with Crippen LogP contribution >= 0.6 is 11.6 Å². The van der Waals surface area contributed by atoms with E-state index in [9.17, 15) is 4.79 Å². The molecule has 1 unspecified atom stereocenters. The maximum absolute atomic E-state index is 11.4. The summed E-state index contributed by atoms with van der Waals surface area (Å²) in [5.74, 6) is -0.586. The third-order valence-electron chi connectivity index (χ3n) is 2.77. The van der Waals surface area contributed by atoms with Crippen LogP contribution in [0.2, 0.25) is 5.02 Å². The standard InChI is InChI=1S/C12H16ClN3O3/c13-10-4-7(14)3-9(12(15)17)11(10)16-5-8-6-18-1-2-19-8/h3-4,8,16H,1-2,5-6,14H2,(H2,15,17). The zero-order valence-electron chi connectivity index (χ0n) is 10.3. The van der Waals surface area contributed by atoms with Crippen molar-refractivity contribution < 1.29 is 14.3 Å². The second kappa shape index (κ2) is 6.10. The van der Waals surface area contributed by atoms with Gasteiger partial charge in [-0.1, -0.05) is 11.6 Å². The number of rotatable bonds is 4. The van der Waals surface area contributed by atoms with Crippen LogP contribution in [-0.2, 0) is 9.47 Å². The first-order valence-electron chi connectivity index (χ1n) is 5.90. The number of hydrogen-bond donors (Lipinski definition) is 3. The van der Waals surface area contributed by atoms with E-state index in [1.165, 1.54) is 6.07 Å². The molecule has 1 aromatic carbocycles. The second-order valence-corrected chi connectivity index (χ2v) is 4.65. The number of benzene rings is 1. The number of hydrogen-bond acceptors (Lipinski definition) is 5. The monoisotopic (exact) mass is 285 g/mol. The molecule has 0 saturated carbocycles. The lowest BCUT2D eigenvalue weighted by Gasteiger charge is -2.24. The Hall–Kier alpha value is -1.50. The Morgan fingerprint density at radius 1 is 1.47 bits per heavy atom. The van der Waals surface area contributed by atoms with Crippen molar-refractivity contribution >= 4 is 28.9 Å². The average Bonchev–Trinajstić information content (AvgIpc) is 2.38. The molecule has 1 fully saturated rings. The van der Waals surface area contributed by atoms with Gasteiger partial charge in [0.05, 0.1) is 42.2 Å². The van der Waals surface area contributed by atoms with E-state index in [0.29, 0.717) is 42.8 Å². The first-order valence-corrected chi connectivity index (χ1v) is 6.27. The minimum absolute atomic E-state index is 0.0805. The highest BCUT2D eigenvalue weighted by atomic mass is 35.5. The van der Waals surface area contributed by atoms with Crippen LogP contribution in [0.3, 0.4) is 0 Å². The Labute approximate surface area is 116 Å². The lowest BCUT2D eigenvalue weighted by atomic mass is 10.1. The van der Waals surface area contributed by atoms with Crippen LogP contribution in [0.15, 0.2) is 12.1 Å². The van der Waals surface area contributed by atoms with Crippen LogP contribution in [-0.4, -0.2) is 38.4 Å². The van der Waals surface area contributed by atoms with Crippen molar-refractivity contribution in [2.45, 2.75) is 6.10 Å². The topological polar surface area (TPSA) is 99.6 Å². The fourth-order valence-electron chi connectivity index (χ4n) is 1.87. The van der Waals surface area contributed by atoms with Gasteiger partial charge in [0.25, 0.3) is 5.91 Å². The fraction of sp³-hybridized carbons (Fsp3) is 0.417. The van der Waals surface area contributed by atoms with E-state index in [1.54, 1.807) is 6.07 Å². The van der Waals surface area contributed by atoms with E-state index < -0.39 is 5.91 Å². The van der Waals surface area contributed by atoms with E-state index in [2.05, 4.69) is 5.32 Å². The molecule has 7 heteroatoms. The molecule has 19 heavy (non-hydrogen) atoms. The molecule has 1 saturated heterocycles. The van der Waals surface area contributed by atoms with Gasteiger partial charge in [0.2, 0.25) is 0 Å². The summed E-state index contributed by atoms with van der Waals surface area (Å²) in [4.78, 5) is 11.4. The van der Waals surface area contributed by atoms with Crippen LogP contribution in [0, 0.1) is 0 Å². The van der Waals surface area contributed by atoms with Crippen LogP contribution in [0.4, 0.5) is 11.4 Å². The Bertz CT molecular complexity index is 476. The lowest BCUT2D eigenvalue weighted by Crippen LogP contribution is -2.34. The molecule has 104 valence electrons. The van der Waals surface area contributed by atoms with Crippen molar-refractivity contribution in [3.63, 3.8) is 0 Å². The van der Waals surface area contributed by atoms with Gasteiger partial charge in [0.15, 0.2) is 0 Å². The van der Waals surface area contributed by atoms with Crippen LogP contribution < -0.4 is 16.8 Å². The summed E-state index contributed by atoms with van der Waals surface area (Å²) in [6.45, 7) is 2.14. The minimum Gasteiger partial charge on any atom is -0.399 e. The smallest absolute Gasteiger partial charge is 0.250 e. The number of primary amides is 1. The summed E-state index contributed by atoms with van der Waals surface area (Å²) in [5.41, 5.74) is 12.1. The minimum atomic E-state index is -0.586. The van der Waals surface area contributed by atoms with Crippen LogP contribution in [0.1, 0.15) is 10.4 Å². The normalized spacial score (nSPS) is 19.1.